The number of sulfone groups is 1. The van der Waals surface area contributed by atoms with Crippen LogP contribution >= 0.6 is 23.2 Å². The van der Waals surface area contributed by atoms with Crippen molar-refractivity contribution in [1.29, 1.82) is 0 Å². The third kappa shape index (κ3) is 3.63. The molecule has 0 spiro atoms. The molecule has 1 aliphatic heterocycles. The topological polar surface area (TPSA) is 46.2 Å². The molecule has 19 heavy (non-hydrogen) atoms. The summed E-state index contributed by atoms with van der Waals surface area (Å²) in [6, 6.07) is 5.45. The highest BCUT2D eigenvalue weighted by molar-refractivity contribution is 7.90. The summed E-state index contributed by atoms with van der Waals surface area (Å²) in [5, 5.41) is 4.51. The van der Waals surface area contributed by atoms with Gasteiger partial charge in [0, 0.05) is 28.3 Å². The first-order valence-corrected chi connectivity index (χ1v) is 8.98. The SMILES string of the molecule is CS(=O)(=O)CCC1(c2ccc(Cl)cc2Cl)CCNC1. The van der Waals surface area contributed by atoms with E-state index in [0.29, 0.717) is 16.5 Å². The summed E-state index contributed by atoms with van der Waals surface area (Å²) in [7, 11) is -2.98. The van der Waals surface area contributed by atoms with E-state index in [9.17, 15) is 8.42 Å². The molecular weight excluding hydrogens is 305 g/mol. The van der Waals surface area contributed by atoms with Gasteiger partial charge in [-0.15, -0.1) is 0 Å². The molecule has 2 rings (SSSR count). The number of rotatable bonds is 4. The third-order valence-electron chi connectivity index (χ3n) is 3.70. The van der Waals surface area contributed by atoms with Gasteiger partial charge in [-0.2, -0.15) is 0 Å². The van der Waals surface area contributed by atoms with Crippen molar-refractivity contribution in [2.45, 2.75) is 18.3 Å². The molecule has 1 fully saturated rings. The molecule has 0 amide bonds. The fourth-order valence-corrected chi connectivity index (χ4v) is 3.99. The second-order valence-electron chi connectivity index (χ2n) is 5.21. The van der Waals surface area contributed by atoms with Crippen LogP contribution in [0, 0.1) is 0 Å². The van der Waals surface area contributed by atoms with Crippen molar-refractivity contribution in [2.24, 2.45) is 0 Å². The van der Waals surface area contributed by atoms with Crippen LogP contribution in [0.4, 0.5) is 0 Å². The molecule has 1 heterocycles. The lowest BCUT2D eigenvalue weighted by molar-refractivity contribution is 0.452. The molecule has 1 aromatic rings. The molecule has 6 heteroatoms. The lowest BCUT2D eigenvalue weighted by Crippen LogP contribution is -2.31. The van der Waals surface area contributed by atoms with Crippen LogP contribution in [0.3, 0.4) is 0 Å². The van der Waals surface area contributed by atoms with E-state index < -0.39 is 9.84 Å². The highest BCUT2D eigenvalue weighted by Crippen LogP contribution is 2.39. The Bertz CT molecular complexity index is 566. The minimum atomic E-state index is -2.98. The quantitative estimate of drug-likeness (QED) is 0.927. The Balaban J connectivity index is 2.33. The number of hydrogen-bond donors (Lipinski definition) is 1. The maximum absolute atomic E-state index is 11.4. The Labute approximate surface area is 124 Å². The second kappa shape index (κ2) is 5.60. The van der Waals surface area contributed by atoms with Crippen LogP contribution in [-0.2, 0) is 15.3 Å². The van der Waals surface area contributed by atoms with Gasteiger partial charge in [0.15, 0.2) is 0 Å². The van der Waals surface area contributed by atoms with E-state index in [2.05, 4.69) is 5.32 Å². The zero-order valence-electron chi connectivity index (χ0n) is 10.7. The van der Waals surface area contributed by atoms with Crippen molar-refractivity contribution < 1.29 is 8.42 Å². The highest BCUT2D eigenvalue weighted by atomic mass is 35.5. The van der Waals surface area contributed by atoms with Crippen molar-refractivity contribution in [3.8, 4) is 0 Å². The first-order chi connectivity index (χ1) is 8.82. The average molecular weight is 322 g/mol. The summed E-state index contributed by atoms with van der Waals surface area (Å²) in [5.41, 5.74) is 0.789. The van der Waals surface area contributed by atoms with Crippen molar-refractivity contribution in [1.82, 2.24) is 5.32 Å². The first-order valence-electron chi connectivity index (χ1n) is 6.16. The predicted octanol–water partition coefficient (Wildman–Crippen LogP) is 2.66. The van der Waals surface area contributed by atoms with E-state index in [4.69, 9.17) is 23.2 Å². The molecule has 1 aromatic carbocycles. The predicted molar refractivity (Wildman–Crippen MR) is 80.0 cm³/mol. The van der Waals surface area contributed by atoms with Crippen LogP contribution in [0.5, 0.6) is 0 Å². The molecule has 1 unspecified atom stereocenters. The molecule has 0 saturated carbocycles. The van der Waals surface area contributed by atoms with E-state index in [1.54, 1.807) is 6.07 Å². The number of hydrogen-bond acceptors (Lipinski definition) is 3. The van der Waals surface area contributed by atoms with Crippen LogP contribution in [-0.4, -0.2) is 33.5 Å². The van der Waals surface area contributed by atoms with Gasteiger partial charge >= 0.3 is 0 Å². The molecule has 1 saturated heterocycles. The maximum atomic E-state index is 11.4. The van der Waals surface area contributed by atoms with Crippen LogP contribution in [0.15, 0.2) is 18.2 Å². The Morgan fingerprint density at radius 2 is 2.11 bits per heavy atom. The summed E-state index contributed by atoms with van der Waals surface area (Å²) in [6.45, 7) is 1.63. The zero-order valence-corrected chi connectivity index (χ0v) is 13.1. The molecule has 0 radical (unpaired) electrons. The van der Waals surface area contributed by atoms with Gasteiger partial charge in [-0.25, -0.2) is 8.42 Å². The van der Waals surface area contributed by atoms with E-state index >= 15 is 0 Å². The summed E-state index contributed by atoms with van der Waals surface area (Å²) in [5.74, 6) is 0.174. The van der Waals surface area contributed by atoms with E-state index in [0.717, 1.165) is 25.1 Å². The van der Waals surface area contributed by atoms with Crippen molar-refractivity contribution >= 4 is 33.0 Å². The lowest BCUT2D eigenvalue weighted by atomic mass is 9.77. The fraction of sp³-hybridized carbons (Fsp3) is 0.538. The minimum absolute atomic E-state index is 0.174. The number of nitrogens with one attached hydrogen (secondary N) is 1. The molecule has 0 aromatic heterocycles. The van der Waals surface area contributed by atoms with Crippen LogP contribution in [0.25, 0.3) is 0 Å². The van der Waals surface area contributed by atoms with Gasteiger partial charge in [0.1, 0.15) is 9.84 Å². The lowest BCUT2D eigenvalue weighted by Gasteiger charge is -2.29. The normalized spacial score (nSPS) is 23.7. The van der Waals surface area contributed by atoms with Crippen molar-refractivity contribution in [3.63, 3.8) is 0 Å². The summed E-state index contributed by atoms with van der Waals surface area (Å²) < 4.78 is 22.9. The fourth-order valence-electron chi connectivity index (χ4n) is 2.62. The molecule has 3 nitrogen and oxygen atoms in total. The summed E-state index contributed by atoms with van der Waals surface area (Å²) >= 11 is 12.2. The standard InChI is InChI=1S/C13H17Cl2NO2S/c1-19(17,18)7-5-13(4-6-16-9-13)11-3-2-10(14)8-12(11)15/h2-3,8,16H,4-7,9H2,1H3. The average Bonchev–Trinajstić information content (AvgIpc) is 2.75. The van der Waals surface area contributed by atoms with Crippen LogP contribution in [0.1, 0.15) is 18.4 Å². The largest absolute Gasteiger partial charge is 0.316 e. The molecule has 1 atom stereocenters. The smallest absolute Gasteiger partial charge is 0.147 e. The van der Waals surface area contributed by atoms with Crippen molar-refractivity contribution in [2.75, 3.05) is 25.1 Å². The Morgan fingerprint density at radius 3 is 2.63 bits per heavy atom. The molecule has 1 N–H and O–H groups in total. The third-order valence-corrected chi connectivity index (χ3v) is 5.19. The molecular formula is C13H17Cl2NO2S. The maximum Gasteiger partial charge on any atom is 0.147 e. The first kappa shape index (κ1) is 15.1. The molecule has 1 aliphatic rings. The number of benzene rings is 1. The molecule has 0 bridgehead atoms. The monoisotopic (exact) mass is 321 g/mol. The van der Waals surface area contributed by atoms with Gasteiger partial charge in [0.2, 0.25) is 0 Å². The Morgan fingerprint density at radius 1 is 1.37 bits per heavy atom. The van der Waals surface area contributed by atoms with E-state index in [1.807, 2.05) is 12.1 Å². The number of halogens is 2. The van der Waals surface area contributed by atoms with Crippen LogP contribution in [0.2, 0.25) is 10.0 Å². The van der Waals surface area contributed by atoms with Crippen LogP contribution < -0.4 is 5.32 Å². The van der Waals surface area contributed by atoms with Gasteiger partial charge in [0.25, 0.3) is 0 Å². The summed E-state index contributed by atoms with van der Waals surface area (Å²) in [4.78, 5) is 0. The van der Waals surface area contributed by atoms with E-state index in [1.165, 1.54) is 6.26 Å². The van der Waals surface area contributed by atoms with Gasteiger partial charge in [-0.3, -0.25) is 0 Å². The minimum Gasteiger partial charge on any atom is -0.316 e. The van der Waals surface area contributed by atoms with Crippen molar-refractivity contribution in [3.05, 3.63) is 33.8 Å². The second-order valence-corrected chi connectivity index (χ2v) is 8.31. The van der Waals surface area contributed by atoms with Gasteiger partial charge in [-0.1, -0.05) is 29.3 Å². The van der Waals surface area contributed by atoms with E-state index in [-0.39, 0.29) is 11.2 Å². The Kier molecular flexibility index (Phi) is 4.45. The van der Waals surface area contributed by atoms with Gasteiger partial charge in [0.05, 0.1) is 5.75 Å². The zero-order chi connectivity index (χ0) is 14.1. The Hall–Kier alpha value is -0.290. The molecule has 0 aliphatic carbocycles. The summed E-state index contributed by atoms with van der Waals surface area (Å²) in [6.07, 6.45) is 2.75. The highest BCUT2D eigenvalue weighted by Gasteiger charge is 2.37. The van der Waals surface area contributed by atoms with Gasteiger partial charge in [-0.05, 0) is 37.1 Å². The van der Waals surface area contributed by atoms with Gasteiger partial charge < -0.3 is 5.32 Å². The molecule has 106 valence electrons.